The van der Waals surface area contributed by atoms with Crippen molar-refractivity contribution in [2.75, 3.05) is 25.0 Å². The number of alkyl halides is 3. The number of hydrogen-bond acceptors (Lipinski definition) is 3. The number of nitrogens with zero attached hydrogens (tertiary/aromatic N) is 1. The van der Waals surface area contributed by atoms with Crippen LogP contribution in [-0.2, 0) is 4.79 Å². The lowest BCUT2D eigenvalue weighted by molar-refractivity contribution is -0.186. The van der Waals surface area contributed by atoms with Crippen molar-refractivity contribution in [2.45, 2.75) is 37.9 Å². The molecule has 0 bridgehead atoms. The van der Waals surface area contributed by atoms with Gasteiger partial charge in [0.25, 0.3) is 5.91 Å². The molecule has 2 amide bonds. The predicted octanol–water partition coefficient (Wildman–Crippen LogP) is 2.79. The highest BCUT2D eigenvalue weighted by atomic mass is 19.4. The summed E-state index contributed by atoms with van der Waals surface area (Å²) >= 11 is 0. The fourth-order valence-corrected chi connectivity index (χ4v) is 3.14. The van der Waals surface area contributed by atoms with Crippen LogP contribution < -0.4 is 10.6 Å². The van der Waals surface area contributed by atoms with Crippen molar-refractivity contribution >= 4 is 17.5 Å². The van der Waals surface area contributed by atoms with Crippen LogP contribution in [0.1, 0.15) is 36.0 Å². The number of benzene rings is 1. The molecule has 1 saturated carbocycles. The predicted molar refractivity (Wildman–Crippen MR) is 90.8 cm³/mol. The van der Waals surface area contributed by atoms with Crippen molar-refractivity contribution in [2.24, 2.45) is 5.92 Å². The molecule has 1 aromatic rings. The first-order valence-electron chi connectivity index (χ1n) is 8.82. The van der Waals surface area contributed by atoms with Gasteiger partial charge in [-0.1, -0.05) is 12.1 Å². The number of piperidine rings is 1. The van der Waals surface area contributed by atoms with E-state index in [2.05, 4.69) is 10.6 Å². The topological polar surface area (TPSA) is 61.4 Å². The second-order valence-electron chi connectivity index (χ2n) is 6.96. The van der Waals surface area contributed by atoms with E-state index >= 15 is 0 Å². The van der Waals surface area contributed by atoms with E-state index in [1.165, 1.54) is 4.90 Å². The third kappa shape index (κ3) is 4.97. The molecule has 3 rings (SSSR count). The molecule has 1 aliphatic heterocycles. The Kier molecular flexibility index (Phi) is 5.50. The van der Waals surface area contributed by atoms with E-state index in [-0.39, 0.29) is 31.5 Å². The fourth-order valence-electron chi connectivity index (χ4n) is 3.14. The van der Waals surface area contributed by atoms with Gasteiger partial charge in [-0.25, -0.2) is 0 Å². The lowest BCUT2D eigenvalue weighted by Crippen LogP contribution is -2.44. The van der Waals surface area contributed by atoms with Crippen molar-refractivity contribution in [3.05, 3.63) is 29.8 Å². The molecular weight excluding hydrogens is 347 g/mol. The molecule has 2 aliphatic rings. The SMILES string of the molecule is O=C(CN1CCCC(C(F)(F)F)C1)Nc1ccccc1C(=O)NC1CC1. The third-order valence-electron chi connectivity index (χ3n) is 4.69. The van der Waals surface area contributed by atoms with Crippen molar-refractivity contribution < 1.29 is 22.8 Å². The Morgan fingerprint density at radius 3 is 2.58 bits per heavy atom. The minimum Gasteiger partial charge on any atom is -0.349 e. The summed E-state index contributed by atoms with van der Waals surface area (Å²) in [6.07, 6.45) is -1.81. The first kappa shape index (κ1) is 18.7. The summed E-state index contributed by atoms with van der Waals surface area (Å²) in [5, 5.41) is 5.53. The fraction of sp³-hybridized carbons (Fsp3) is 0.556. The molecule has 8 heteroatoms. The monoisotopic (exact) mass is 369 g/mol. The first-order valence-corrected chi connectivity index (χ1v) is 8.82. The van der Waals surface area contributed by atoms with E-state index in [9.17, 15) is 22.8 Å². The zero-order chi connectivity index (χ0) is 18.7. The molecule has 1 aromatic carbocycles. The summed E-state index contributed by atoms with van der Waals surface area (Å²) in [7, 11) is 0. The Bertz CT molecular complexity index is 674. The minimum atomic E-state index is -4.23. The maximum absolute atomic E-state index is 12.9. The number of hydrogen-bond donors (Lipinski definition) is 2. The summed E-state index contributed by atoms with van der Waals surface area (Å²) in [6, 6.07) is 6.83. The molecule has 2 fully saturated rings. The maximum atomic E-state index is 12.9. The van der Waals surface area contributed by atoms with E-state index in [4.69, 9.17) is 0 Å². The van der Waals surface area contributed by atoms with Crippen LogP contribution in [-0.4, -0.2) is 48.6 Å². The van der Waals surface area contributed by atoms with Crippen LogP contribution >= 0.6 is 0 Å². The highest BCUT2D eigenvalue weighted by molar-refractivity contribution is 6.04. The Hall–Kier alpha value is -2.09. The van der Waals surface area contributed by atoms with Crippen LogP contribution in [0.25, 0.3) is 0 Å². The van der Waals surface area contributed by atoms with Crippen LogP contribution in [0, 0.1) is 5.92 Å². The van der Waals surface area contributed by atoms with Gasteiger partial charge in [0, 0.05) is 12.6 Å². The number of amides is 2. The summed E-state index contributed by atoms with van der Waals surface area (Å²) in [5.74, 6) is -2.06. The number of para-hydroxylation sites is 1. The van der Waals surface area contributed by atoms with Crippen LogP contribution in [0.15, 0.2) is 24.3 Å². The van der Waals surface area contributed by atoms with E-state index in [1.807, 2.05) is 0 Å². The molecule has 5 nitrogen and oxygen atoms in total. The molecule has 1 aliphatic carbocycles. The van der Waals surface area contributed by atoms with Gasteiger partial charge in [0.2, 0.25) is 5.91 Å². The molecule has 0 radical (unpaired) electrons. The Balaban J connectivity index is 1.59. The van der Waals surface area contributed by atoms with Gasteiger partial charge >= 0.3 is 6.18 Å². The van der Waals surface area contributed by atoms with Crippen molar-refractivity contribution in [1.82, 2.24) is 10.2 Å². The molecule has 1 unspecified atom stereocenters. The smallest absolute Gasteiger partial charge is 0.349 e. The molecule has 2 N–H and O–H groups in total. The van der Waals surface area contributed by atoms with Crippen molar-refractivity contribution in [1.29, 1.82) is 0 Å². The minimum absolute atomic E-state index is 0.103. The number of carbonyl (C=O) groups is 2. The Morgan fingerprint density at radius 1 is 1.15 bits per heavy atom. The van der Waals surface area contributed by atoms with Crippen LogP contribution in [0.5, 0.6) is 0 Å². The molecule has 0 aromatic heterocycles. The van der Waals surface area contributed by atoms with Gasteiger partial charge in [0.15, 0.2) is 0 Å². The molecular formula is C18H22F3N3O2. The van der Waals surface area contributed by atoms with Gasteiger partial charge in [-0.15, -0.1) is 0 Å². The Morgan fingerprint density at radius 2 is 1.88 bits per heavy atom. The number of halogens is 3. The third-order valence-corrected chi connectivity index (χ3v) is 4.69. The number of likely N-dealkylation sites (tertiary alicyclic amines) is 1. The van der Waals surface area contributed by atoms with Gasteiger partial charge in [-0.3, -0.25) is 14.5 Å². The van der Waals surface area contributed by atoms with Gasteiger partial charge < -0.3 is 10.6 Å². The first-order chi connectivity index (χ1) is 12.3. The normalized spacial score (nSPS) is 21.3. The van der Waals surface area contributed by atoms with Crippen LogP contribution in [0.3, 0.4) is 0 Å². The van der Waals surface area contributed by atoms with Gasteiger partial charge in [0.05, 0.1) is 23.7 Å². The average molecular weight is 369 g/mol. The van der Waals surface area contributed by atoms with E-state index in [1.54, 1.807) is 24.3 Å². The van der Waals surface area contributed by atoms with Crippen molar-refractivity contribution in [3.63, 3.8) is 0 Å². The lowest BCUT2D eigenvalue weighted by atomic mass is 9.97. The van der Waals surface area contributed by atoms with Gasteiger partial charge in [0.1, 0.15) is 0 Å². The van der Waals surface area contributed by atoms with Gasteiger partial charge in [-0.05, 0) is 44.4 Å². The largest absolute Gasteiger partial charge is 0.393 e. The summed E-state index contributed by atoms with van der Waals surface area (Å²) in [5.41, 5.74) is 0.736. The standard InChI is InChI=1S/C18H22F3N3O2/c19-18(20,21)12-4-3-9-24(10-12)11-16(25)23-15-6-2-1-5-14(15)17(26)22-13-7-8-13/h1-2,5-6,12-13H,3-4,7-11H2,(H,22,26)(H,23,25). The molecule has 1 saturated heterocycles. The summed E-state index contributed by atoms with van der Waals surface area (Å²) < 4.78 is 38.6. The van der Waals surface area contributed by atoms with E-state index < -0.39 is 18.0 Å². The second kappa shape index (κ2) is 7.65. The highest BCUT2D eigenvalue weighted by Gasteiger charge is 2.41. The number of anilines is 1. The van der Waals surface area contributed by atoms with Crippen LogP contribution in [0.4, 0.5) is 18.9 Å². The van der Waals surface area contributed by atoms with Crippen LogP contribution in [0.2, 0.25) is 0 Å². The second-order valence-corrected chi connectivity index (χ2v) is 6.96. The average Bonchev–Trinajstić information content (AvgIpc) is 3.38. The van der Waals surface area contributed by atoms with Crippen molar-refractivity contribution in [3.8, 4) is 0 Å². The molecule has 1 heterocycles. The maximum Gasteiger partial charge on any atom is 0.393 e. The van der Waals surface area contributed by atoms with Gasteiger partial charge in [-0.2, -0.15) is 13.2 Å². The Labute approximate surface area is 149 Å². The molecule has 0 spiro atoms. The molecule has 1 atom stereocenters. The highest BCUT2D eigenvalue weighted by Crippen LogP contribution is 2.33. The number of carbonyl (C=O) groups excluding carboxylic acids is 2. The van der Waals surface area contributed by atoms with E-state index in [0.29, 0.717) is 24.2 Å². The van der Waals surface area contributed by atoms with E-state index in [0.717, 1.165) is 12.8 Å². The molecule has 142 valence electrons. The molecule has 26 heavy (non-hydrogen) atoms. The zero-order valence-electron chi connectivity index (χ0n) is 14.3. The quantitative estimate of drug-likeness (QED) is 0.839. The number of nitrogens with one attached hydrogen (secondary N) is 2. The zero-order valence-corrected chi connectivity index (χ0v) is 14.3. The lowest BCUT2D eigenvalue weighted by Gasteiger charge is -2.33. The number of rotatable bonds is 5. The summed E-state index contributed by atoms with van der Waals surface area (Å²) in [4.78, 5) is 26.0. The summed E-state index contributed by atoms with van der Waals surface area (Å²) in [6.45, 7) is 0.176.